The van der Waals surface area contributed by atoms with Crippen LogP contribution in [0.4, 0.5) is 4.39 Å². The predicted octanol–water partition coefficient (Wildman–Crippen LogP) is 4.28. The van der Waals surface area contributed by atoms with Crippen LogP contribution >= 0.6 is 27.5 Å². The van der Waals surface area contributed by atoms with E-state index in [1.807, 2.05) is 12.1 Å². The van der Waals surface area contributed by atoms with Crippen molar-refractivity contribution >= 4 is 27.5 Å². The van der Waals surface area contributed by atoms with Crippen LogP contribution in [0.2, 0.25) is 5.02 Å². The molecule has 2 aromatic carbocycles. The van der Waals surface area contributed by atoms with E-state index in [0.29, 0.717) is 22.9 Å². The van der Waals surface area contributed by atoms with Gasteiger partial charge in [-0.1, -0.05) is 17.7 Å². The van der Waals surface area contributed by atoms with E-state index in [4.69, 9.17) is 22.1 Å². The first-order valence-corrected chi connectivity index (χ1v) is 6.82. The molecule has 0 aromatic heterocycles. The molecule has 0 aliphatic rings. The highest BCUT2D eigenvalue weighted by Crippen LogP contribution is 2.27. The monoisotopic (exact) mass is 343 g/mol. The van der Waals surface area contributed by atoms with E-state index in [-0.39, 0.29) is 12.4 Å². The molecule has 2 nitrogen and oxygen atoms in total. The minimum atomic E-state index is -0.334. The van der Waals surface area contributed by atoms with Crippen LogP contribution in [0.3, 0.4) is 0 Å². The van der Waals surface area contributed by atoms with Gasteiger partial charge < -0.3 is 10.5 Å². The van der Waals surface area contributed by atoms with Gasteiger partial charge in [0.2, 0.25) is 0 Å². The molecule has 0 fully saturated rings. The first-order valence-electron chi connectivity index (χ1n) is 5.65. The summed E-state index contributed by atoms with van der Waals surface area (Å²) in [5.74, 6) is 0.302. The normalized spacial score (nSPS) is 10.5. The second kappa shape index (κ2) is 6.37. The Morgan fingerprint density at radius 3 is 2.68 bits per heavy atom. The first kappa shape index (κ1) is 14.3. The van der Waals surface area contributed by atoms with E-state index in [1.54, 1.807) is 12.1 Å². The smallest absolute Gasteiger partial charge is 0.134 e. The lowest BCUT2D eigenvalue weighted by molar-refractivity contribution is 0.298. The summed E-state index contributed by atoms with van der Waals surface area (Å²) in [6.07, 6.45) is 0. The molecule has 2 rings (SSSR count). The average molecular weight is 345 g/mol. The van der Waals surface area contributed by atoms with Crippen LogP contribution in [0.5, 0.6) is 5.75 Å². The summed E-state index contributed by atoms with van der Waals surface area (Å²) in [5, 5.41) is 0.484. The lowest BCUT2D eigenvalue weighted by Crippen LogP contribution is -2.00. The van der Waals surface area contributed by atoms with Crippen molar-refractivity contribution in [2.24, 2.45) is 5.73 Å². The molecule has 0 amide bonds. The number of hydrogen-bond acceptors (Lipinski definition) is 2. The van der Waals surface area contributed by atoms with Gasteiger partial charge in [0.15, 0.2) is 0 Å². The zero-order valence-electron chi connectivity index (χ0n) is 10.00. The Bertz CT molecular complexity index is 592. The van der Waals surface area contributed by atoms with Crippen molar-refractivity contribution in [2.45, 2.75) is 13.2 Å². The maximum absolute atomic E-state index is 13.5. The highest BCUT2D eigenvalue weighted by molar-refractivity contribution is 9.10. The van der Waals surface area contributed by atoms with Gasteiger partial charge in [-0.25, -0.2) is 4.39 Å². The summed E-state index contributed by atoms with van der Waals surface area (Å²) in [5.41, 5.74) is 6.96. The fraction of sp³-hybridized carbons (Fsp3) is 0.143. The largest absolute Gasteiger partial charge is 0.488 e. The van der Waals surface area contributed by atoms with Crippen LogP contribution in [0, 0.1) is 5.82 Å². The third kappa shape index (κ3) is 3.69. The van der Waals surface area contributed by atoms with E-state index in [1.165, 1.54) is 12.1 Å². The Balaban J connectivity index is 2.12. The molecule has 0 saturated heterocycles. The van der Waals surface area contributed by atoms with Gasteiger partial charge in [-0.05, 0) is 51.8 Å². The molecular weight excluding hydrogens is 333 g/mol. The van der Waals surface area contributed by atoms with Crippen LogP contribution in [0.1, 0.15) is 11.1 Å². The molecule has 2 aromatic rings. The van der Waals surface area contributed by atoms with Gasteiger partial charge in [-0.2, -0.15) is 0 Å². The molecule has 0 spiro atoms. The zero-order valence-corrected chi connectivity index (χ0v) is 12.3. The molecular formula is C14H12BrClFNO. The van der Waals surface area contributed by atoms with Crippen molar-refractivity contribution in [1.82, 2.24) is 0 Å². The standard InChI is InChI=1S/C14H12BrClFNO/c15-12-5-9(7-18)1-4-14(12)19-8-10-6-11(16)2-3-13(10)17/h1-6H,7-8,18H2. The number of ether oxygens (including phenoxy) is 1. The topological polar surface area (TPSA) is 35.2 Å². The predicted molar refractivity (Wildman–Crippen MR) is 77.8 cm³/mol. The number of nitrogens with two attached hydrogens (primary N) is 1. The molecule has 0 aliphatic carbocycles. The van der Waals surface area contributed by atoms with E-state index in [9.17, 15) is 4.39 Å². The van der Waals surface area contributed by atoms with E-state index in [2.05, 4.69) is 15.9 Å². The SMILES string of the molecule is NCc1ccc(OCc2cc(Cl)ccc2F)c(Br)c1. The molecule has 0 bridgehead atoms. The molecule has 0 unspecified atom stereocenters. The molecule has 5 heteroatoms. The maximum Gasteiger partial charge on any atom is 0.134 e. The molecule has 0 radical (unpaired) electrons. The van der Waals surface area contributed by atoms with E-state index in [0.717, 1.165) is 10.0 Å². The number of benzene rings is 2. The Labute approximate surface area is 124 Å². The van der Waals surface area contributed by atoms with Gasteiger partial charge in [0.25, 0.3) is 0 Å². The first-order chi connectivity index (χ1) is 9.10. The van der Waals surface area contributed by atoms with Gasteiger partial charge in [-0.15, -0.1) is 0 Å². The third-order valence-electron chi connectivity index (χ3n) is 2.62. The van der Waals surface area contributed by atoms with Crippen LogP contribution in [-0.2, 0) is 13.2 Å². The summed E-state index contributed by atoms with van der Waals surface area (Å²) in [4.78, 5) is 0. The second-order valence-electron chi connectivity index (χ2n) is 3.99. The highest BCUT2D eigenvalue weighted by atomic mass is 79.9. The van der Waals surface area contributed by atoms with Crippen molar-refractivity contribution in [2.75, 3.05) is 0 Å². The van der Waals surface area contributed by atoms with Gasteiger partial charge >= 0.3 is 0 Å². The summed E-state index contributed by atoms with van der Waals surface area (Å²) in [6.45, 7) is 0.578. The zero-order chi connectivity index (χ0) is 13.8. The summed E-state index contributed by atoms with van der Waals surface area (Å²) >= 11 is 9.22. The van der Waals surface area contributed by atoms with Crippen molar-refractivity contribution in [1.29, 1.82) is 0 Å². The Morgan fingerprint density at radius 1 is 1.21 bits per heavy atom. The number of rotatable bonds is 4. The van der Waals surface area contributed by atoms with Crippen molar-refractivity contribution in [3.63, 3.8) is 0 Å². The molecule has 100 valence electrons. The summed E-state index contributed by atoms with van der Waals surface area (Å²) in [7, 11) is 0. The van der Waals surface area contributed by atoms with E-state index >= 15 is 0 Å². The Morgan fingerprint density at radius 2 is 2.00 bits per heavy atom. The van der Waals surface area contributed by atoms with Gasteiger partial charge in [0.05, 0.1) is 4.47 Å². The Hall–Kier alpha value is -1.10. The molecule has 0 heterocycles. The van der Waals surface area contributed by atoms with Crippen molar-refractivity contribution in [3.05, 3.63) is 62.8 Å². The average Bonchev–Trinajstić information content (AvgIpc) is 2.40. The van der Waals surface area contributed by atoms with Crippen LogP contribution in [-0.4, -0.2) is 0 Å². The minimum absolute atomic E-state index is 0.118. The lowest BCUT2D eigenvalue weighted by Gasteiger charge is -2.10. The molecule has 2 N–H and O–H groups in total. The van der Waals surface area contributed by atoms with Crippen LogP contribution in [0.15, 0.2) is 40.9 Å². The van der Waals surface area contributed by atoms with Crippen LogP contribution < -0.4 is 10.5 Å². The van der Waals surface area contributed by atoms with E-state index < -0.39 is 0 Å². The lowest BCUT2D eigenvalue weighted by atomic mass is 10.2. The maximum atomic E-state index is 13.5. The van der Waals surface area contributed by atoms with Crippen LogP contribution in [0.25, 0.3) is 0 Å². The Kier molecular flexibility index (Phi) is 4.80. The number of halogens is 3. The van der Waals surface area contributed by atoms with Crippen molar-refractivity contribution in [3.8, 4) is 5.75 Å². The quantitative estimate of drug-likeness (QED) is 0.898. The van der Waals surface area contributed by atoms with Gasteiger partial charge in [-0.3, -0.25) is 0 Å². The molecule has 19 heavy (non-hydrogen) atoms. The summed E-state index contributed by atoms with van der Waals surface area (Å²) in [6, 6.07) is 9.94. The fourth-order valence-corrected chi connectivity index (χ4v) is 2.33. The van der Waals surface area contributed by atoms with Gasteiger partial charge in [0, 0.05) is 17.1 Å². The highest BCUT2D eigenvalue weighted by Gasteiger charge is 2.06. The summed E-state index contributed by atoms with van der Waals surface area (Å²) < 4.78 is 19.9. The molecule has 0 saturated carbocycles. The molecule has 0 aliphatic heterocycles. The number of hydrogen-bond donors (Lipinski definition) is 1. The van der Waals surface area contributed by atoms with Gasteiger partial charge in [0.1, 0.15) is 18.2 Å². The molecule has 0 atom stereocenters. The second-order valence-corrected chi connectivity index (χ2v) is 5.28. The third-order valence-corrected chi connectivity index (χ3v) is 3.48. The minimum Gasteiger partial charge on any atom is -0.488 e. The fourth-order valence-electron chi connectivity index (χ4n) is 1.60. The van der Waals surface area contributed by atoms with Crippen molar-refractivity contribution < 1.29 is 9.13 Å².